The number of carbonyl (C=O) groups excluding carboxylic acids is 3. The molecule has 172 valence electrons. The molecule has 1 aromatic carbocycles. The van der Waals surface area contributed by atoms with Crippen LogP contribution in [0.5, 0.6) is 0 Å². The van der Waals surface area contributed by atoms with Gasteiger partial charge in [-0.15, -0.1) is 11.3 Å². The lowest BCUT2D eigenvalue weighted by molar-refractivity contribution is -0.132. The molecule has 0 radical (unpaired) electrons. The van der Waals surface area contributed by atoms with E-state index < -0.39 is 11.7 Å². The van der Waals surface area contributed by atoms with E-state index in [1.54, 1.807) is 11.0 Å². The first kappa shape index (κ1) is 24.2. The molecule has 32 heavy (non-hydrogen) atoms. The Hall–Kier alpha value is -2.45. The van der Waals surface area contributed by atoms with Gasteiger partial charge in [-0.1, -0.05) is 25.4 Å². The van der Waals surface area contributed by atoms with Crippen LogP contribution in [-0.2, 0) is 4.79 Å². The number of thiophene rings is 1. The van der Waals surface area contributed by atoms with E-state index in [4.69, 9.17) is 11.6 Å². The van der Waals surface area contributed by atoms with E-state index >= 15 is 0 Å². The molecule has 0 aliphatic carbocycles. The zero-order chi connectivity index (χ0) is 23.4. The van der Waals surface area contributed by atoms with Gasteiger partial charge in [-0.05, 0) is 49.1 Å². The fraction of sp³-hybridized carbons (Fsp3) is 0.435. The van der Waals surface area contributed by atoms with Gasteiger partial charge in [0.25, 0.3) is 11.8 Å². The van der Waals surface area contributed by atoms with Crippen molar-refractivity contribution in [2.24, 2.45) is 5.92 Å². The van der Waals surface area contributed by atoms with Gasteiger partial charge in [0, 0.05) is 32.6 Å². The summed E-state index contributed by atoms with van der Waals surface area (Å²) in [7, 11) is 0. The van der Waals surface area contributed by atoms with Gasteiger partial charge >= 0.3 is 0 Å². The Labute approximate surface area is 196 Å². The minimum Gasteiger partial charge on any atom is -0.339 e. The number of rotatable bonds is 6. The Kier molecular flexibility index (Phi) is 7.90. The van der Waals surface area contributed by atoms with Crippen molar-refractivity contribution in [1.29, 1.82) is 0 Å². The molecule has 1 aliphatic heterocycles. The lowest BCUT2D eigenvalue weighted by Gasteiger charge is -2.34. The highest BCUT2D eigenvalue weighted by molar-refractivity contribution is 7.18. The number of amides is 3. The van der Waals surface area contributed by atoms with Crippen LogP contribution in [0.25, 0.3) is 0 Å². The molecule has 0 unspecified atom stereocenters. The summed E-state index contributed by atoms with van der Waals surface area (Å²) in [6.45, 7) is 8.03. The molecule has 0 saturated carbocycles. The van der Waals surface area contributed by atoms with Crippen LogP contribution < -0.4 is 5.32 Å². The van der Waals surface area contributed by atoms with E-state index in [0.717, 1.165) is 18.1 Å². The number of carbonyl (C=O) groups is 3. The summed E-state index contributed by atoms with van der Waals surface area (Å²) < 4.78 is 13.2. The first-order valence-corrected chi connectivity index (χ1v) is 11.8. The van der Waals surface area contributed by atoms with E-state index in [-0.39, 0.29) is 22.4 Å². The van der Waals surface area contributed by atoms with E-state index in [2.05, 4.69) is 19.2 Å². The van der Waals surface area contributed by atoms with Crippen molar-refractivity contribution >= 4 is 45.7 Å². The van der Waals surface area contributed by atoms with Gasteiger partial charge < -0.3 is 15.1 Å². The van der Waals surface area contributed by atoms with E-state index in [1.807, 2.05) is 11.8 Å². The Morgan fingerprint density at radius 1 is 1.12 bits per heavy atom. The predicted octanol–water partition coefficient (Wildman–Crippen LogP) is 4.82. The number of benzene rings is 1. The second-order valence-corrected chi connectivity index (χ2v) is 9.77. The predicted molar refractivity (Wildman–Crippen MR) is 125 cm³/mol. The van der Waals surface area contributed by atoms with Crippen LogP contribution in [0.1, 0.15) is 52.3 Å². The fourth-order valence-electron chi connectivity index (χ4n) is 3.48. The highest BCUT2D eigenvalue weighted by atomic mass is 35.5. The Morgan fingerprint density at radius 3 is 2.41 bits per heavy atom. The molecule has 1 N–H and O–H groups in total. The number of nitrogens with zero attached hydrogens (tertiary/aromatic N) is 2. The number of halogens is 2. The van der Waals surface area contributed by atoms with Crippen LogP contribution in [0, 0.1) is 18.7 Å². The van der Waals surface area contributed by atoms with Crippen LogP contribution in [-0.4, -0.2) is 53.7 Å². The lowest BCUT2D eigenvalue weighted by Crippen LogP contribution is -2.50. The highest BCUT2D eigenvalue weighted by Gasteiger charge is 2.27. The SMILES string of the molecule is Cc1cc(NC(=O)c2ccc(F)cc2Cl)sc1C(=O)N1CCN(C(=O)CCC(C)C)CC1. The molecule has 3 amide bonds. The van der Waals surface area contributed by atoms with Crippen molar-refractivity contribution in [3.8, 4) is 0 Å². The highest BCUT2D eigenvalue weighted by Crippen LogP contribution is 2.29. The number of aryl methyl sites for hydroxylation is 1. The molecular weight excluding hydrogens is 453 g/mol. The summed E-state index contributed by atoms with van der Waals surface area (Å²) in [4.78, 5) is 42.0. The van der Waals surface area contributed by atoms with Crippen LogP contribution >= 0.6 is 22.9 Å². The normalized spacial score (nSPS) is 14.1. The van der Waals surface area contributed by atoms with Gasteiger partial charge in [-0.2, -0.15) is 0 Å². The molecular formula is C23H27ClFN3O3S. The summed E-state index contributed by atoms with van der Waals surface area (Å²) in [5.74, 6) is -0.473. The van der Waals surface area contributed by atoms with E-state index in [1.165, 1.54) is 23.5 Å². The zero-order valence-electron chi connectivity index (χ0n) is 18.4. The third kappa shape index (κ3) is 5.86. The third-order valence-electron chi connectivity index (χ3n) is 5.38. The summed E-state index contributed by atoms with van der Waals surface area (Å²) in [6, 6.07) is 5.31. The molecule has 9 heteroatoms. The molecule has 6 nitrogen and oxygen atoms in total. The van der Waals surface area contributed by atoms with Gasteiger partial charge in [-0.25, -0.2) is 4.39 Å². The zero-order valence-corrected chi connectivity index (χ0v) is 20.0. The molecule has 1 aromatic heterocycles. The number of anilines is 1. The number of hydrogen-bond donors (Lipinski definition) is 1. The molecule has 0 bridgehead atoms. The third-order valence-corrected chi connectivity index (χ3v) is 6.83. The molecule has 1 fully saturated rings. The molecule has 2 aromatic rings. The fourth-order valence-corrected chi connectivity index (χ4v) is 4.77. The molecule has 0 spiro atoms. The molecule has 1 saturated heterocycles. The average Bonchev–Trinajstić information content (AvgIpc) is 3.11. The van der Waals surface area contributed by atoms with Crippen molar-refractivity contribution in [3.05, 3.63) is 51.1 Å². The lowest BCUT2D eigenvalue weighted by atomic mass is 10.1. The van der Waals surface area contributed by atoms with Gasteiger partial charge in [0.2, 0.25) is 5.91 Å². The summed E-state index contributed by atoms with van der Waals surface area (Å²) >= 11 is 7.15. The Morgan fingerprint density at radius 2 is 1.78 bits per heavy atom. The van der Waals surface area contributed by atoms with Gasteiger partial charge in [-0.3, -0.25) is 14.4 Å². The topological polar surface area (TPSA) is 69.7 Å². The summed E-state index contributed by atoms with van der Waals surface area (Å²) in [5.41, 5.74) is 0.918. The maximum Gasteiger partial charge on any atom is 0.264 e. The number of nitrogens with one attached hydrogen (secondary N) is 1. The molecule has 2 heterocycles. The smallest absolute Gasteiger partial charge is 0.264 e. The molecule has 0 atom stereocenters. The van der Waals surface area contributed by atoms with Gasteiger partial charge in [0.1, 0.15) is 5.82 Å². The maximum atomic E-state index is 13.2. The Bertz CT molecular complexity index is 1020. The van der Waals surface area contributed by atoms with Crippen LogP contribution in [0.4, 0.5) is 9.39 Å². The standard InChI is InChI=1S/C23H27ClFN3O3S/c1-14(2)4-7-20(29)27-8-10-28(11-9-27)23(31)21-15(3)12-19(32-21)26-22(30)17-6-5-16(25)13-18(17)24/h5-6,12-14H,4,7-11H2,1-3H3,(H,26,30). The van der Waals surface area contributed by atoms with Crippen LogP contribution in [0.2, 0.25) is 5.02 Å². The van der Waals surface area contributed by atoms with Crippen molar-refractivity contribution in [2.75, 3.05) is 31.5 Å². The quantitative estimate of drug-likeness (QED) is 0.645. The van der Waals surface area contributed by atoms with Gasteiger partial charge in [0.15, 0.2) is 0 Å². The Balaban J connectivity index is 1.60. The van der Waals surface area contributed by atoms with Gasteiger partial charge in [0.05, 0.1) is 20.5 Å². The van der Waals surface area contributed by atoms with Crippen LogP contribution in [0.3, 0.4) is 0 Å². The monoisotopic (exact) mass is 479 g/mol. The largest absolute Gasteiger partial charge is 0.339 e. The number of hydrogen-bond acceptors (Lipinski definition) is 4. The van der Waals surface area contributed by atoms with Crippen molar-refractivity contribution in [1.82, 2.24) is 9.80 Å². The second-order valence-electron chi connectivity index (χ2n) is 8.31. The summed E-state index contributed by atoms with van der Waals surface area (Å²) in [6.07, 6.45) is 1.40. The second kappa shape index (κ2) is 10.4. The first-order valence-electron chi connectivity index (χ1n) is 10.6. The summed E-state index contributed by atoms with van der Waals surface area (Å²) in [5, 5.41) is 3.27. The maximum absolute atomic E-state index is 13.2. The van der Waals surface area contributed by atoms with Crippen molar-refractivity contribution < 1.29 is 18.8 Å². The van der Waals surface area contributed by atoms with Crippen molar-refractivity contribution in [2.45, 2.75) is 33.6 Å². The molecule has 3 rings (SSSR count). The minimum absolute atomic E-state index is 0.0212. The minimum atomic E-state index is -0.520. The van der Waals surface area contributed by atoms with E-state index in [0.29, 0.717) is 48.4 Å². The van der Waals surface area contributed by atoms with Crippen LogP contribution in [0.15, 0.2) is 24.3 Å². The number of piperazine rings is 1. The van der Waals surface area contributed by atoms with Crippen molar-refractivity contribution in [3.63, 3.8) is 0 Å². The average molecular weight is 480 g/mol. The molecule has 1 aliphatic rings. The first-order chi connectivity index (χ1) is 15.2. The van der Waals surface area contributed by atoms with E-state index in [9.17, 15) is 18.8 Å².